The van der Waals surface area contributed by atoms with Gasteiger partial charge >= 0.3 is 0 Å². The molecule has 1 amide bonds. The van der Waals surface area contributed by atoms with Crippen LogP contribution >= 0.6 is 34.5 Å². The topological polar surface area (TPSA) is 42.0 Å². The number of hydrogen-bond donors (Lipinski definition) is 1. The lowest BCUT2D eigenvalue weighted by atomic mass is 10.1. The number of hydrogen-bond acceptors (Lipinski definition) is 3. The van der Waals surface area contributed by atoms with Gasteiger partial charge in [0.05, 0.1) is 0 Å². The molecule has 0 aliphatic heterocycles. The molecule has 1 N–H and O–H groups in total. The smallest absolute Gasteiger partial charge is 0.226 e. The van der Waals surface area contributed by atoms with Gasteiger partial charge in [-0.3, -0.25) is 4.79 Å². The van der Waals surface area contributed by atoms with Gasteiger partial charge in [-0.05, 0) is 30.5 Å². The fourth-order valence-corrected chi connectivity index (χ4v) is 3.00. The summed E-state index contributed by atoms with van der Waals surface area (Å²) in [5.74, 6) is 0.444. The molecule has 21 heavy (non-hydrogen) atoms. The molecule has 0 bridgehead atoms. The van der Waals surface area contributed by atoms with Crippen molar-refractivity contribution in [2.45, 2.75) is 26.2 Å². The Hall–Kier alpha value is -1.10. The summed E-state index contributed by atoms with van der Waals surface area (Å²) in [5, 5.41) is 4.18. The number of anilines is 1. The molecule has 2 aromatic rings. The van der Waals surface area contributed by atoms with Crippen LogP contribution in [0.3, 0.4) is 0 Å². The zero-order valence-electron chi connectivity index (χ0n) is 11.7. The zero-order chi connectivity index (χ0) is 15.2. The third-order valence-corrected chi connectivity index (χ3v) is 4.54. The highest BCUT2D eigenvalue weighted by Gasteiger charge is 2.07. The minimum atomic E-state index is -0.0464. The molecule has 0 saturated carbocycles. The van der Waals surface area contributed by atoms with Crippen LogP contribution in [0, 0.1) is 6.92 Å². The van der Waals surface area contributed by atoms with Crippen LogP contribution in [0.4, 0.5) is 5.13 Å². The number of benzene rings is 1. The van der Waals surface area contributed by atoms with E-state index in [1.165, 1.54) is 11.3 Å². The Morgan fingerprint density at radius 2 is 2.24 bits per heavy atom. The number of nitrogens with one attached hydrogen (secondary N) is 1. The maximum absolute atomic E-state index is 11.6. The number of carbonyl (C=O) groups excluding carboxylic acids is 1. The summed E-state index contributed by atoms with van der Waals surface area (Å²) >= 11 is 13.2. The average molecular weight is 343 g/mol. The molecule has 3 nitrogen and oxygen atoms in total. The number of aromatic nitrogens is 1. The Labute approximate surface area is 138 Å². The molecule has 2 rings (SSSR count). The first-order valence-corrected chi connectivity index (χ1v) is 8.37. The van der Waals surface area contributed by atoms with Gasteiger partial charge in [-0.2, -0.15) is 0 Å². The first kappa shape index (κ1) is 16.3. The lowest BCUT2D eigenvalue weighted by Gasteiger charge is -2.02. The molecule has 0 fully saturated rings. The van der Waals surface area contributed by atoms with Gasteiger partial charge in [-0.25, -0.2) is 4.98 Å². The van der Waals surface area contributed by atoms with E-state index in [0.717, 1.165) is 27.4 Å². The minimum absolute atomic E-state index is 0.0464. The summed E-state index contributed by atoms with van der Waals surface area (Å²) in [5.41, 5.74) is 2.20. The van der Waals surface area contributed by atoms with Gasteiger partial charge in [0.2, 0.25) is 5.91 Å². The van der Waals surface area contributed by atoms with Crippen molar-refractivity contribution in [3.63, 3.8) is 0 Å². The standard InChI is InChI=1S/C15H16Cl2N2OS/c1-10-4-5-11(8-13(10)17)7-12-9-18-15(21-12)19-14(20)3-2-6-16/h4-5,8-9H,2-3,6-7H2,1H3,(H,18,19,20). The van der Waals surface area contributed by atoms with Crippen LogP contribution in [-0.2, 0) is 11.2 Å². The van der Waals surface area contributed by atoms with Crippen LogP contribution < -0.4 is 5.32 Å². The molecule has 0 atom stereocenters. The van der Waals surface area contributed by atoms with Crippen LogP contribution in [0.25, 0.3) is 0 Å². The minimum Gasteiger partial charge on any atom is -0.302 e. The van der Waals surface area contributed by atoms with Crippen molar-refractivity contribution in [2.24, 2.45) is 0 Å². The van der Waals surface area contributed by atoms with Crippen molar-refractivity contribution < 1.29 is 4.79 Å². The Balaban J connectivity index is 1.96. The maximum Gasteiger partial charge on any atom is 0.226 e. The van der Waals surface area contributed by atoms with Gasteiger partial charge in [0, 0.05) is 34.8 Å². The molecule has 0 aliphatic carbocycles. The number of amides is 1. The Morgan fingerprint density at radius 3 is 2.95 bits per heavy atom. The molecule has 6 heteroatoms. The van der Waals surface area contributed by atoms with Gasteiger partial charge < -0.3 is 5.32 Å². The molecule has 1 heterocycles. The van der Waals surface area contributed by atoms with E-state index in [0.29, 0.717) is 23.9 Å². The fraction of sp³-hybridized carbons (Fsp3) is 0.333. The monoisotopic (exact) mass is 342 g/mol. The van der Waals surface area contributed by atoms with E-state index in [4.69, 9.17) is 23.2 Å². The summed E-state index contributed by atoms with van der Waals surface area (Å²) in [6, 6.07) is 6.03. The van der Waals surface area contributed by atoms with Gasteiger partial charge in [-0.15, -0.1) is 22.9 Å². The second-order valence-corrected chi connectivity index (χ2v) is 6.63. The molecular formula is C15H16Cl2N2OS. The number of carbonyl (C=O) groups is 1. The van der Waals surface area contributed by atoms with Gasteiger partial charge in [0.25, 0.3) is 0 Å². The SMILES string of the molecule is Cc1ccc(Cc2cnc(NC(=O)CCCCl)s2)cc1Cl. The van der Waals surface area contributed by atoms with Crippen molar-refractivity contribution >= 4 is 45.6 Å². The number of nitrogens with zero attached hydrogens (tertiary/aromatic N) is 1. The number of halogens is 2. The van der Waals surface area contributed by atoms with Crippen LogP contribution in [0.1, 0.15) is 28.8 Å². The van der Waals surface area contributed by atoms with E-state index in [9.17, 15) is 4.79 Å². The Kier molecular flexibility index (Phi) is 6.03. The number of rotatable bonds is 6. The van der Waals surface area contributed by atoms with E-state index < -0.39 is 0 Å². The highest BCUT2D eigenvalue weighted by Crippen LogP contribution is 2.24. The highest BCUT2D eigenvalue weighted by molar-refractivity contribution is 7.15. The van der Waals surface area contributed by atoms with Crippen molar-refractivity contribution in [1.29, 1.82) is 0 Å². The predicted octanol–water partition coefficient (Wildman–Crippen LogP) is 4.65. The Morgan fingerprint density at radius 1 is 1.43 bits per heavy atom. The van der Waals surface area contributed by atoms with E-state index in [2.05, 4.69) is 16.4 Å². The maximum atomic E-state index is 11.6. The summed E-state index contributed by atoms with van der Waals surface area (Å²) in [4.78, 5) is 16.9. The van der Waals surface area contributed by atoms with Crippen molar-refractivity contribution in [3.8, 4) is 0 Å². The lowest BCUT2D eigenvalue weighted by molar-refractivity contribution is -0.116. The van der Waals surface area contributed by atoms with Crippen LogP contribution in [0.15, 0.2) is 24.4 Å². The van der Waals surface area contributed by atoms with E-state index in [1.54, 1.807) is 6.20 Å². The molecule has 1 aromatic carbocycles. The van der Waals surface area contributed by atoms with Crippen LogP contribution in [0.2, 0.25) is 5.02 Å². The number of thiazole rings is 1. The quantitative estimate of drug-likeness (QED) is 0.776. The third kappa shape index (κ3) is 4.99. The fourth-order valence-electron chi connectivity index (χ4n) is 1.80. The summed E-state index contributed by atoms with van der Waals surface area (Å²) in [7, 11) is 0. The van der Waals surface area contributed by atoms with Gasteiger partial charge in [-0.1, -0.05) is 23.7 Å². The second-order valence-electron chi connectivity index (χ2n) is 4.73. The highest BCUT2D eigenvalue weighted by atomic mass is 35.5. The van der Waals surface area contributed by atoms with Crippen LogP contribution in [-0.4, -0.2) is 16.8 Å². The second kappa shape index (κ2) is 7.78. The summed E-state index contributed by atoms with van der Waals surface area (Å²) in [6.07, 6.45) is 3.64. The number of alkyl halides is 1. The molecule has 1 aromatic heterocycles. The molecular weight excluding hydrogens is 327 g/mol. The third-order valence-electron chi connectivity index (χ3n) is 2.95. The Bertz CT molecular complexity index is 628. The summed E-state index contributed by atoms with van der Waals surface area (Å²) in [6.45, 7) is 1.98. The molecule has 112 valence electrons. The lowest BCUT2D eigenvalue weighted by Crippen LogP contribution is -2.10. The normalized spacial score (nSPS) is 10.6. The molecule has 0 spiro atoms. The van der Waals surface area contributed by atoms with E-state index >= 15 is 0 Å². The molecule has 0 aliphatic rings. The van der Waals surface area contributed by atoms with Crippen LogP contribution in [0.5, 0.6) is 0 Å². The summed E-state index contributed by atoms with van der Waals surface area (Å²) < 4.78 is 0. The molecule has 0 unspecified atom stereocenters. The average Bonchev–Trinajstić information content (AvgIpc) is 2.88. The molecule has 0 radical (unpaired) electrons. The van der Waals surface area contributed by atoms with E-state index in [1.807, 2.05) is 19.1 Å². The largest absolute Gasteiger partial charge is 0.302 e. The predicted molar refractivity (Wildman–Crippen MR) is 89.7 cm³/mol. The van der Waals surface area contributed by atoms with Crippen molar-refractivity contribution in [2.75, 3.05) is 11.2 Å². The van der Waals surface area contributed by atoms with Gasteiger partial charge in [0.15, 0.2) is 5.13 Å². The first-order chi connectivity index (χ1) is 10.1. The van der Waals surface area contributed by atoms with Crippen molar-refractivity contribution in [1.82, 2.24) is 4.98 Å². The van der Waals surface area contributed by atoms with Gasteiger partial charge in [0.1, 0.15) is 0 Å². The van der Waals surface area contributed by atoms with Crippen molar-refractivity contribution in [3.05, 3.63) is 45.4 Å². The number of aryl methyl sites for hydroxylation is 1. The molecule has 0 saturated heterocycles. The zero-order valence-corrected chi connectivity index (χ0v) is 14.0. The first-order valence-electron chi connectivity index (χ1n) is 6.64. The van der Waals surface area contributed by atoms with E-state index in [-0.39, 0.29) is 5.91 Å².